The molecule has 1 aliphatic heterocycles. The van der Waals surface area contributed by atoms with E-state index in [2.05, 4.69) is 31.2 Å². The lowest BCUT2D eigenvalue weighted by molar-refractivity contribution is 0.415. The Balaban J connectivity index is 1.76. The van der Waals surface area contributed by atoms with Crippen LogP contribution in [0.3, 0.4) is 0 Å². The Labute approximate surface area is 92.5 Å². The zero-order valence-corrected chi connectivity index (χ0v) is 9.54. The first-order valence-corrected chi connectivity index (χ1v) is 6.10. The van der Waals surface area contributed by atoms with Gasteiger partial charge in [-0.2, -0.15) is 0 Å². The Morgan fingerprint density at radius 1 is 1.13 bits per heavy atom. The van der Waals surface area contributed by atoms with Crippen LogP contribution in [0.5, 0.6) is 0 Å². The topological polar surface area (TPSA) is 12.5 Å². The molecule has 1 atom stereocenters. The molecule has 82 valence electrons. The molecule has 1 heterocycles. The summed E-state index contributed by atoms with van der Waals surface area (Å²) in [5, 5.41) is 0. The van der Waals surface area contributed by atoms with E-state index in [1.165, 1.54) is 43.2 Å². The van der Waals surface area contributed by atoms with Gasteiger partial charge in [0, 0.05) is 0 Å². The number of epoxide rings is 1. The molecule has 0 bridgehead atoms. The van der Waals surface area contributed by atoms with Crippen molar-refractivity contribution < 1.29 is 4.74 Å². The number of benzene rings is 1. The summed E-state index contributed by atoms with van der Waals surface area (Å²) >= 11 is 0. The highest BCUT2D eigenvalue weighted by atomic mass is 16.6. The van der Waals surface area contributed by atoms with Crippen molar-refractivity contribution in [1.29, 1.82) is 0 Å². The van der Waals surface area contributed by atoms with Gasteiger partial charge in [0.2, 0.25) is 0 Å². The van der Waals surface area contributed by atoms with Gasteiger partial charge in [0.25, 0.3) is 0 Å². The summed E-state index contributed by atoms with van der Waals surface area (Å²) in [6.07, 6.45) is 7.01. The zero-order valence-electron chi connectivity index (χ0n) is 9.54. The maximum atomic E-state index is 5.25. The van der Waals surface area contributed by atoms with Gasteiger partial charge in [-0.05, 0) is 24.0 Å². The normalized spacial score (nSPS) is 19.1. The van der Waals surface area contributed by atoms with E-state index in [0.717, 1.165) is 6.61 Å². The fourth-order valence-corrected chi connectivity index (χ4v) is 1.90. The molecule has 15 heavy (non-hydrogen) atoms. The SMILES string of the molecule is CCCCCCc1ccc(C2CO2)cc1. The summed E-state index contributed by atoms with van der Waals surface area (Å²) in [6, 6.07) is 8.94. The van der Waals surface area contributed by atoms with Gasteiger partial charge in [0.15, 0.2) is 0 Å². The number of aryl methyl sites for hydroxylation is 1. The van der Waals surface area contributed by atoms with Gasteiger partial charge in [-0.3, -0.25) is 0 Å². The highest BCUT2D eigenvalue weighted by molar-refractivity contribution is 5.26. The van der Waals surface area contributed by atoms with Crippen molar-refractivity contribution in [1.82, 2.24) is 0 Å². The Kier molecular flexibility index (Phi) is 3.79. The number of hydrogen-bond donors (Lipinski definition) is 0. The molecule has 0 N–H and O–H groups in total. The minimum atomic E-state index is 0.402. The molecule has 1 aliphatic rings. The van der Waals surface area contributed by atoms with Crippen LogP contribution in [0.15, 0.2) is 24.3 Å². The first-order valence-electron chi connectivity index (χ1n) is 6.10. The van der Waals surface area contributed by atoms with Gasteiger partial charge in [-0.25, -0.2) is 0 Å². The van der Waals surface area contributed by atoms with E-state index in [4.69, 9.17) is 4.74 Å². The van der Waals surface area contributed by atoms with Crippen LogP contribution in [-0.2, 0) is 11.2 Å². The van der Waals surface area contributed by atoms with Gasteiger partial charge in [0.05, 0.1) is 6.61 Å². The van der Waals surface area contributed by atoms with E-state index >= 15 is 0 Å². The van der Waals surface area contributed by atoms with E-state index in [1.807, 2.05) is 0 Å². The fourth-order valence-electron chi connectivity index (χ4n) is 1.90. The van der Waals surface area contributed by atoms with Crippen molar-refractivity contribution in [3.05, 3.63) is 35.4 Å². The monoisotopic (exact) mass is 204 g/mol. The molecule has 1 fully saturated rings. The van der Waals surface area contributed by atoms with Crippen LogP contribution < -0.4 is 0 Å². The molecule has 1 aromatic rings. The van der Waals surface area contributed by atoms with Crippen LogP contribution >= 0.6 is 0 Å². The number of rotatable bonds is 6. The van der Waals surface area contributed by atoms with Gasteiger partial charge < -0.3 is 4.74 Å². The molecule has 0 aromatic heterocycles. The van der Waals surface area contributed by atoms with Crippen LogP contribution in [0.1, 0.15) is 49.8 Å². The van der Waals surface area contributed by atoms with Crippen molar-refractivity contribution in [2.24, 2.45) is 0 Å². The molecule has 1 saturated heterocycles. The molecule has 0 saturated carbocycles. The lowest BCUT2D eigenvalue weighted by Crippen LogP contribution is -1.87. The lowest BCUT2D eigenvalue weighted by atomic mass is 10.0. The van der Waals surface area contributed by atoms with Crippen molar-refractivity contribution in [3.63, 3.8) is 0 Å². The standard InChI is InChI=1S/C14H20O/c1-2-3-4-5-6-12-7-9-13(10-8-12)14-11-15-14/h7-10,14H,2-6,11H2,1H3. The molecule has 1 aromatic carbocycles. The third-order valence-electron chi connectivity index (χ3n) is 3.00. The number of hydrogen-bond acceptors (Lipinski definition) is 1. The average molecular weight is 204 g/mol. The van der Waals surface area contributed by atoms with Crippen LogP contribution in [-0.4, -0.2) is 6.61 Å². The summed E-state index contributed by atoms with van der Waals surface area (Å²) in [5.41, 5.74) is 2.81. The lowest BCUT2D eigenvalue weighted by Gasteiger charge is -2.02. The van der Waals surface area contributed by atoms with E-state index in [1.54, 1.807) is 0 Å². The van der Waals surface area contributed by atoms with Gasteiger partial charge in [-0.1, -0.05) is 50.5 Å². The predicted octanol–water partition coefficient (Wildman–Crippen LogP) is 3.88. The Hall–Kier alpha value is -0.820. The Morgan fingerprint density at radius 3 is 2.47 bits per heavy atom. The molecule has 1 unspecified atom stereocenters. The highest BCUT2D eigenvalue weighted by Crippen LogP contribution is 2.29. The first kappa shape index (κ1) is 10.7. The molecule has 0 spiro atoms. The molecule has 0 aliphatic carbocycles. The summed E-state index contributed by atoms with van der Waals surface area (Å²) in [7, 11) is 0. The number of unbranched alkanes of at least 4 members (excludes halogenated alkanes) is 3. The second-order valence-corrected chi connectivity index (χ2v) is 4.37. The van der Waals surface area contributed by atoms with Crippen molar-refractivity contribution in [2.45, 2.75) is 45.1 Å². The number of ether oxygens (including phenoxy) is 1. The minimum absolute atomic E-state index is 0.402. The summed E-state index contributed by atoms with van der Waals surface area (Å²) in [6.45, 7) is 3.17. The maximum Gasteiger partial charge on any atom is 0.106 e. The maximum absolute atomic E-state index is 5.25. The van der Waals surface area contributed by atoms with E-state index in [-0.39, 0.29) is 0 Å². The summed E-state index contributed by atoms with van der Waals surface area (Å²) < 4.78 is 5.25. The third-order valence-corrected chi connectivity index (χ3v) is 3.00. The predicted molar refractivity (Wildman–Crippen MR) is 63.0 cm³/mol. The molecule has 0 radical (unpaired) electrons. The van der Waals surface area contributed by atoms with E-state index in [0.29, 0.717) is 6.10 Å². The van der Waals surface area contributed by atoms with Crippen LogP contribution in [0.4, 0.5) is 0 Å². The molecule has 1 heteroatoms. The molecule has 2 rings (SSSR count). The first-order chi connectivity index (χ1) is 7.40. The zero-order chi connectivity index (χ0) is 10.5. The Bertz CT molecular complexity index is 285. The average Bonchev–Trinajstić information content (AvgIpc) is 3.09. The summed E-state index contributed by atoms with van der Waals surface area (Å²) in [4.78, 5) is 0. The molecular weight excluding hydrogens is 184 g/mol. The second kappa shape index (κ2) is 5.32. The second-order valence-electron chi connectivity index (χ2n) is 4.37. The molecule has 1 nitrogen and oxygen atoms in total. The smallest absolute Gasteiger partial charge is 0.106 e. The van der Waals surface area contributed by atoms with Gasteiger partial charge in [-0.15, -0.1) is 0 Å². The molecule has 0 amide bonds. The van der Waals surface area contributed by atoms with Crippen LogP contribution in [0.25, 0.3) is 0 Å². The van der Waals surface area contributed by atoms with Gasteiger partial charge >= 0.3 is 0 Å². The van der Waals surface area contributed by atoms with E-state index < -0.39 is 0 Å². The van der Waals surface area contributed by atoms with Crippen LogP contribution in [0.2, 0.25) is 0 Å². The summed E-state index contributed by atoms with van der Waals surface area (Å²) in [5.74, 6) is 0. The Morgan fingerprint density at radius 2 is 1.87 bits per heavy atom. The molecular formula is C14H20O. The van der Waals surface area contributed by atoms with Crippen molar-refractivity contribution in [3.8, 4) is 0 Å². The highest BCUT2D eigenvalue weighted by Gasteiger charge is 2.23. The van der Waals surface area contributed by atoms with Crippen LogP contribution in [0, 0.1) is 0 Å². The fraction of sp³-hybridized carbons (Fsp3) is 0.571. The quantitative estimate of drug-likeness (QED) is 0.506. The minimum Gasteiger partial charge on any atom is -0.368 e. The van der Waals surface area contributed by atoms with Gasteiger partial charge in [0.1, 0.15) is 6.10 Å². The van der Waals surface area contributed by atoms with E-state index in [9.17, 15) is 0 Å². The largest absolute Gasteiger partial charge is 0.368 e. The van der Waals surface area contributed by atoms with Crippen molar-refractivity contribution >= 4 is 0 Å². The van der Waals surface area contributed by atoms with Crippen molar-refractivity contribution in [2.75, 3.05) is 6.61 Å². The third kappa shape index (κ3) is 3.35.